The third kappa shape index (κ3) is 3.72. The molecule has 0 bridgehead atoms. The maximum absolute atomic E-state index is 10.3. The van der Waals surface area contributed by atoms with Gasteiger partial charge in [0.2, 0.25) is 0 Å². The second kappa shape index (κ2) is 4.04. The van der Waals surface area contributed by atoms with Gasteiger partial charge in [0, 0.05) is 6.42 Å². The van der Waals surface area contributed by atoms with E-state index in [9.17, 15) is 9.67 Å². The van der Waals surface area contributed by atoms with Crippen molar-refractivity contribution < 1.29 is 28.7 Å². The molecule has 7 heteroatoms. The molecule has 1 heterocycles. The molecule has 78 valence electrons. The van der Waals surface area contributed by atoms with Crippen LogP contribution in [0.25, 0.3) is 0 Å². The first kappa shape index (κ1) is 11.1. The highest BCUT2D eigenvalue weighted by molar-refractivity contribution is 7.46. The van der Waals surface area contributed by atoms with Crippen LogP contribution in [0.3, 0.4) is 0 Å². The topological polar surface area (TPSA) is 96.2 Å². The van der Waals surface area contributed by atoms with E-state index in [0.717, 1.165) is 0 Å². The molecule has 1 rings (SSSR count). The molecule has 1 unspecified atom stereocenters. The number of phosphoric acid groups is 1. The molecule has 13 heavy (non-hydrogen) atoms. The second-order valence-electron chi connectivity index (χ2n) is 3.07. The molecule has 1 aliphatic rings. The highest BCUT2D eigenvalue weighted by Crippen LogP contribution is 2.37. The van der Waals surface area contributed by atoms with Crippen LogP contribution in [0.4, 0.5) is 0 Å². The molecule has 6 nitrogen and oxygen atoms in total. The maximum Gasteiger partial charge on any atom is 0.469 e. The summed E-state index contributed by atoms with van der Waals surface area (Å²) in [4.78, 5) is 16.8. The number of hydrogen-bond acceptors (Lipinski definition) is 4. The van der Waals surface area contributed by atoms with E-state index in [-0.39, 0.29) is 12.7 Å². The third-order valence-corrected chi connectivity index (χ3v) is 2.30. The van der Waals surface area contributed by atoms with Gasteiger partial charge in [-0.1, -0.05) is 0 Å². The summed E-state index contributed by atoms with van der Waals surface area (Å²) < 4.78 is 19.7. The molecular weight excluding hydrogens is 199 g/mol. The molecule has 1 aliphatic heterocycles. The van der Waals surface area contributed by atoms with Crippen molar-refractivity contribution in [3.63, 3.8) is 0 Å². The molecule has 1 fully saturated rings. The number of rotatable bonds is 3. The van der Waals surface area contributed by atoms with E-state index in [4.69, 9.17) is 14.5 Å². The monoisotopic (exact) mass is 212 g/mol. The van der Waals surface area contributed by atoms with Gasteiger partial charge in [0.05, 0.1) is 18.8 Å². The lowest BCUT2D eigenvalue weighted by Crippen LogP contribution is -2.25. The second-order valence-corrected chi connectivity index (χ2v) is 4.31. The Morgan fingerprint density at radius 2 is 2.23 bits per heavy atom. The fourth-order valence-corrected chi connectivity index (χ4v) is 1.60. The van der Waals surface area contributed by atoms with E-state index in [2.05, 4.69) is 4.52 Å². The van der Waals surface area contributed by atoms with Crippen molar-refractivity contribution in [1.82, 2.24) is 0 Å². The zero-order valence-corrected chi connectivity index (χ0v) is 8.05. The van der Waals surface area contributed by atoms with Gasteiger partial charge in [-0.25, -0.2) is 4.57 Å². The van der Waals surface area contributed by atoms with Gasteiger partial charge in [0.25, 0.3) is 0 Å². The fourth-order valence-electron chi connectivity index (χ4n) is 1.26. The van der Waals surface area contributed by atoms with E-state index in [1.807, 2.05) is 0 Å². The van der Waals surface area contributed by atoms with Crippen molar-refractivity contribution in [2.45, 2.75) is 31.7 Å². The van der Waals surface area contributed by atoms with Crippen molar-refractivity contribution in [2.75, 3.05) is 6.61 Å². The molecule has 0 amide bonds. The van der Waals surface area contributed by atoms with Crippen LogP contribution in [0.1, 0.15) is 13.3 Å². The summed E-state index contributed by atoms with van der Waals surface area (Å²) in [7, 11) is -4.46. The van der Waals surface area contributed by atoms with Crippen molar-refractivity contribution in [2.24, 2.45) is 0 Å². The number of aliphatic hydroxyl groups excluding tert-OH is 1. The van der Waals surface area contributed by atoms with Crippen molar-refractivity contribution >= 4 is 7.82 Å². The Morgan fingerprint density at radius 1 is 1.62 bits per heavy atom. The van der Waals surface area contributed by atoms with Gasteiger partial charge in [-0.3, -0.25) is 4.52 Å². The smallest absolute Gasteiger partial charge is 0.390 e. The maximum atomic E-state index is 10.3. The average molecular weight is 212 g/mol. The normalized spacial score (nSPS) is 35.2. The van der Waals surface area contributed by atoms with Gasteiger partial charge < -0.3 is 19.6 Å². The lowest BCUT2D eigenvalue weighted by molar-refractivity contribution is -0.0168. The number of phosphoric ester groups is 1. The van der Waals surface area contributed by atoms with Gasteiger partial charge in [0.15, 0.2) is 0 Å². The van der Waals surface area contributed by atoms with Crippen molar-refractivity contribution in [3.05, 3.63) is 0 Å². The van der Waals surface area contributed by atoms with E-state index < -0.39 is 20.0 Å². The Hall–Kier alpha value is 0.0300. The lowest BCUT2D eigenvalue weighted by atomic mass is 10.1. The molecule has 3 N–H and O–H groups in total. The number of hydrogen-bond donors (Lipinski definition) is 3. The van der Waals surface area contributed by atoms with E-state index in [1.54, 1.807) is 6.92 Å². The van der Waals surface area contributed by atoms with Gasteiger partial charge in [-0.2, -0.15) is 0 Å². The molecule has 0 spiro atoms. The number of ether oxygens (including phenoxy) is 1. The highest BCUT2D eigenvalue weighted by atomic mass is 31.2. The summed E-state index contributed by atoms with van der Waals surface area (Å²) in [5.74, 6) is 0. The van der Waals surface area contributed by atoms with Crippen LogP contribution < -0.4 is 0 Å². The zero-order valence-electron chi connectivity index (χ0n) is 7.16. The Labute approximate surface area is 75.7 Å². The van der Waals surface area contributed by atoms with Gasteiger partial charge in [0.1, 0.15) is 6.10 Å². The Morgan fingerprint density at radius 3 is 2.62 bits per heavy atom. The van der Waals surface area contributed by atoms with E-state index in [1.165, 1.54) is 0 Å². The van der Waals surface area contributed by atoms with Gasteiger partial charge >= 0.3 is 7.82 Å². The molecule has 0 aromatic heterocycles. The largest absolute Gasteiger partial charge is 0.469 e. The minimum atomic E-state index is -4.46. The Bertz CT molecular complexity index is 213. The molecule has 3 atom stereocenters. The van der Waals surface area contributed by atoms with Crippen LogP contribution in [-0.2, 0) is 13.8 Å². The van der Waals surface area contributed by atoms with Crippen LogP contribution >= 0.6 is 7.82 Å². The predicted molar refractivity (Wildman–Crippen MR) is 43.0 cm³/mol. The Kier molecular flexibility index (Phi) is 3.45. The van der Waals surface area contributed by atoms with Crippen molar-refractivity contribution in [1.29, 1.82) is 0 Å². The Balaban J connectivity index is 2.34. The first-order chi connectivity index (χ1) is 5.88. The van der Waals surface area contributed by atoms with Crippen LogP contribution in [0.15, 0.2) is 0 Å². The first-order valence-electron chi connectivity index (χ1n) is 3.92. The summed E-state index contributed by atoms with van der Waals surface area (Å²) in [6.07, 6.45) is -0.973. The molecule has 0 radical (unpaired) electrons. The molecule has 0 aromatic rings. The lowest BCUT2D eigenvalue weighted by Gasteiger charge is -2.14. The standard InChI is InChI=1S/C6H13O6P/c1-4-2-5(7)6(12-4)3-11-13(8,9)10/h4-7H,2-3H2,1H3,(H2,8,9,10)/t4-,5?,6+/m0/s1. The molecule has 1 saturated heterocycles. The number of aliphatic hydroxyl groups is 1. The quantitative estimate of drug-likeness (QED) is 0.552. The molecule has 0 saturated carbocycles. The predicted octanol–water partition coefficient (Wildman–Crippen LogP) is -0.366. The van der Waals surface area contributed by atoms with E-state index >= 15 is 0 Å². The highest BCUT2D eigenvalue weighted by Gasteiger charge is 2.33. The van der Waals surface area contributed by atoms with E-state index in [0.29, 0.717) is 6.42 Å². The van der Waals surface area contributed by atoms with Gasteiger partial charge in [-0.15, -0.1) is 0 Å². The molecular formula is C6H13O6P. The van der Waals surface area contributed by atoms with Crippen LogP contribution in [0, 0.1) is 0 Å². The van der Waals surface area contributed by atoms with Crippen LogP contribution in [0.2, 0.25) is 0 Å². The summed E-state index contributed by atoms with van der Waals surface area (Å²) in [6, 6.07) is 0. The van der Waals surface area contributed by atoms with Crippen molar-refractivity contribution in [3.8, 4) is 0 Å². The molecule has 0 aliphatic carbocycles. The summed E-state index contributed by atoms with van der Waals surface area (Å²) in [5.41, 5.74) is 0. The van der Waals surface area contributed by atoms with Crippen LogP contribution in [0.5, 0.6) is 0 Å². The molecule has 0 aromatic carbocycles. The summed E-state index contributed by atoms with van der Waals surface area (Å²) in [6.45, 7) is 1.50. The van der Waals surface area contributed by atoms with Gasteiger partial charge in [-0.05, 0) is 6.92 Å². The first-order valence-corrected chi connectivity index (χ1v) is 5.45. The third-order valence-electron chi connectivity index (χ3n) is 1.82. The SMILES string of the molecule is C[C@H]1CC(O)[C@@H](COP(=O)(O)O)O1. The minimum Gasteiger partial charge on any atom is -0.390 e. The average Bonchev–Trinajstić information content (AvgIpc) is 2.24. The van der Waals surface area contributed by atoms with Crippen LogP contribution in [-0.4, -0.2) is 39.8 Å². The minimum absolute atomic E-state index is 0.0969. The summed E-state index contributed by atoms with van der Waals surface area (Å²) in [5, 5.41) is 9.30. The zero-order chi connectivity index (χ0) is 10.1. The fraction of sp³-hybridized carbons (Fsp3) is 1.00. The summed E-state index contributed by atoms with van der Waals surface area (Å²) >= 11 is 0.